The summed E-state index contributed by atoms with van der Waals surface area (Å²) < 4.78 is 5.41. The fraction of sp³-hybridized carbons (Fsp3) is 0.100. The predicted octanol–water partition coefficient (Wildman–Crippen LogP) is 3.10. The number of nitriles is 1. The van der Waals surface area contributed by atoms with Crippen LogP contribution in [0.2, 0.25) is 0 Å². The number of H-pyrrole nitrogens is 1. The van der Waals surface area contributed by atoms with Crippen LogP contribution < -0.4 is 5.73 Å². The quantitative estimate of drug-likeness (QED) is 0.567. The van der Waals surface area contributed by atoms with Gasteiger partial charge >= 0.3 is 0 Å². The number of nitrogens with one attached hydrogen (secondary N) is 1. The molecular weight excluding hydrogens is 340 g/mol. The summed E-state index contributed by atoms with van der Waals surface area (Å²) in [6, 6.07) is 15.8. The molecule has 1 aromatic carbocycles. The summed E-state index contributed by atoms with van der Waals surface area (Å²) in [6.07, 6.45) is 4.51. The molecule has 7 heteroatoms. The third-order valence-corrected chi connectivity index (χ3v) is 4.28. The van der Waals surface area contributed by atoms with Gasteiger partial charge in [0.2, 0.25) is 0 Å². The molecule has 0 radical (unpaired) electrons. The van der Waals surface area contributed by atoms with E-state index in [1.54, 1.807) is 12.4 Å². The van der Waals surface area contributed by atoms with Gasteiger partial charge in [-0.25, -0.2) is 4.98 Å². The molecule has 132 valence electrons. The minimum Gasteiger partial charge on any atom is -0.383 e. The van der Waals surface area contributed by atoms with Gasteiger partial charge in [-0.1, -0.05) is 29.4 Å². The van der Waals surface area contributed by atoms with E-state index in [1.165, 1.54) is 0 Å². The summed E-state index contributed by atoms with van der Waals surface area (Å²) in [5.74, 6) is 1.02. The second kappa shape index (κ2) is 7.14. The zero-order chi connectivity index (χ0) is 18.6. The molecule has 0 aliphatic carbocycles. The summed E-state index contributed by atoms with van der Waals surface area (Å²) in [7, 11) is 0. The lowest BCUT2D eigenvalue weighted by atomic mass is 10.0. The van der Waals surface area contributed by atoms with Crippen LogP contribution in [0.3, 0.4) is 0 Å². The number of benzene rings is 1. The van der Waals surface area contributed by atoms with Crippen LogP contribution in [0.25, 0.3) is 11.3 Å². The van der Waals surface area contributed by atoms with Crippen molar-refractivity contribution >= 4 is 5.82 Å². The van der Waals surface area contributed by atoms with Gasteiger partial charge in [0.1, 0.15) is 11.9 Å². The number of nitrogen functional groups attached to an aromatic ring is 1. The maximum absolute atomic E-state index is 9.06. The largest absolute Gasteiger partial charge is 0.383 e. The molecule has 0 amide bonds. The van der Waals surface area contributed by atoms with Gasteiger partial charge in [0.25, 0.3) is 0 Å². The molecule has 0 atom stereocenters. The molecule has 0 fully saturated rings. The molecule has 0 aliphatic rings. The van der Waals surface area contributed by atoms with E-state index in [1.807, 2.05) is 42.5 Å². The maximum Gasteiger partial charge on any atom is 0.170 e. The van der Waals surface area contributed by atoms with Crippen molar-refractivity contribution in [2.24, 2.45) is 0 Å². The smallest absolute Gasteiger partial charge is 0.170 e. The number of nitrogens with two attached hydrogens (primary N) is 1. The number of rotatable bonds is 5. The number of aromatic amines is 1. The van der Waals surface area contributed by atoms with Gasteiger partial charge in [0.05, 0.1) is 22.5 Å². The molecule has 3 heterocycles. The van der Waals surface area contributed by atoms with Crippen LogP contribution >= 0.6 is 0 Å². The first-order valence-electron chi connectivity index (χ1n) is 8.40. The molecule has 0 saturated carbocycles. The average Bonchev–Trinajstić information content (AvgIpc) is 3.33. The Morgan fingerprint density at radius 2 is 1.89 bits per heavy atom. The highest BCUT2D eigenvalue weighted by Gasteiger charge is 2.11. The van der Waals surface area contributed by atoms with E-state index in [4.69, 9.17) is 15.5 Å². The van der Waals surface area contributed by atoms with Gasteiger partial charge in [0, 0.05) is 31.3 Å². The Balaban J connectivity index is 1.46. The highest BCUT2D eigenvalue weighted by Crippen LogP contribution is 2.25. The maximum atomic E-state index is 9.06. The molecule has 3 aromatic heterocycles. The Morgan fingerprint density at radius 3 is 2.63 bits per heavy atom. The van der Waals surface area contributed by atoms with E-state index in [-0.39, 0.29) is 0 Å². The predicted molar refractivity (Wildman–Crippen MR) is 99.5 cm³/mol. The molecular formula is C20H16N6O. The fourth-order valence-electron chi connectivity index (χ4n) is 2.88. The lowest BCUT2D eigenvalue weighted by Crippen LogP contribution is -1.93. The molecule has 0 spiro atoms. The Labute approximate surface area is 155 Å². The SMILES string of the molecule is N#Cc1c[nH]nc1Cc1ccc(Cc2cc(-c3cccnc3N)on2)cc1. The van der Waals surface area contributed by atoms with Crippen molar-refractivity contribution in [2.45, 2.75) is 12.8 Å². The van der Waals surface area contributed by atoms with E-state index >= 15 is 0 Å². The third-order valence-electron chi connectivity index (χ3n) is 4.28. The zero-order valence-corrected chi connectivity index (χ0v) is 14.4. The number of aromatic nitrogens is 4. The van der Waals surface area contributed by atoms with Crippen LogP contribution in [-0.4, -0.2) is 20.3 Å². The molecule has 0 aliphatic heterocycles. The molecule has 4 aromatic rings. The molecule has 3 N–H and O–H groups in total. The number of nitrogens with zero attached hydrogens (tertiary/aromatic N) is 4. The molecule has 4 rings (SSSR count). The van der Waals surface area contributed by atoms with Crippen LogP contribution in [0.1, 0.15) is 28.1 Å². The van der Waals surface area contributed by atoms with Crippen LogP contribution in [0.5, 0.6) is 0 Å². The lowest BCUT2D eigenvalue weighted by Gasteiger charge is -2.02. The Bertz CT molecular complexity index is 1100. The summed E-state index contributed by atoms with van der Waals surface area (Å²) in [5, 5.41) is 20.0. The van der Waals surface area contributed by atoms with Crippen molar-refractivity contribution in [3.8, 4) is 17.4 Å². The van der Waals surface area contributed by atoms with E-state index in [0.717, 1.165) is 28.1 Å². The number of hydrogen-bond acceptors (Lipinski definition) is 6. The second-order valence-corrected chi connectivity index (χ2v) is 6.15. The molecule has 7 nitrogen and oxygen atoms in total. The second-order valence-electron chi connectivity index (χ2n) is 6.15. The number of pyridine rings is 1. The minimum atomic E-state index is 0.416. The van der Waals surface area contributed by atoms with Crippen LogP contribution in [0, 0.1) is 11.3 Å². The van der Waals surface area contributed by atoms with E-state index in [2.05, 4.69) is 26.4 Å². The summed E-state index contributed by atoms with van der Waals surface area (Å²) >= 11 is 0. The molecule has 27 heavy (non-hydrogen) atoms. The Hall–Kier alpha value is -3.92. The third kappa shape index (κ3) is 3.55. The Kier molecular flexibility index (Phi) is 4.37. The standard InChI is InChI=1S/C20H16N6O/c21-11-15-12-24-25-18(15)9-14-5-3-13(4-6-14)8-16-10-19(27-26-16)17-2-1-7-23-20(17)22/h1-7,10,12H,8-9H2,(H2,22,23)(H,24,25). The van der Waals surface area contributed by atoms with Crippen molar-refractivity contribution in [1.82, 2.24) is 20.3 Å². The van der Waals surface area contributed by atoms with Gasteiger partial charge in [0.15, 0.2) is 5.76 Å². The lowest BCUT2D eigenvalue weighted by molar-refractivity contribution is 0.425. The number of hydrogen-bond donors (Lipinski definition) is 2. The minimum absolute atomic E-state index is 0.416. The summed E-state index contributed by atoms with van der Waals surface area (Å²) in [5.41, 5.74) is 11.0. The Morgan fingerprint density at radius 1 is 1.11 bits per heavy atom. The highest BCUT2D eigenvalue weighted by molar-refractivity contribution is 5.69. The van der Waals surface area contributed by atoms with Gasteiger partial charge < -0.3 is 10.3 Å². The molecule has 0 saturated heterocycles. The normalized spacial score (nSPS) is 10.6. The van der Waals surface area contributed by atoms with Crippen molar-refractivity contribution in [3.05, 3.63) is 82.9 Å². The highest BCUT2D eigenvalue weighted by atomic mass is 16.5. The van der Waals surface area contributed by atoms with E-state index in [9.17, 15) is 0 Å². The van der Waals surface area contributed by atoms with E-state index in [0.29, 0.717) is 30.0 Å². The van der Waals surface area contributed by atoms with Gasteiger partial charge in [-0.05, 0) is 23.3 Å². The number of anilines is 1. The topological polar surface area (TPSA) is 117 Å². The van der Waals surface area contributed by atoms with Gasteiger partial charge in [-0.2, -0.15) is 10.4 Å². The van der Waals surface area contributed by atoms with Crippen molar-refractivity contribution in [2.75, 3.05) is 5.73 Å². The van der Waals surface area contributed by atoms with E-state index < -0.39 is 0 Å². The first kappa shape index (κ1) is 16.5. The van der Waals surface area contributed by atoms with Crippen LogP contribution in [0.15, 0.2) is 59.4 Å². The first-order chi connectivity index (χ1) is 13.2. The summed E-state index contributed by atoms with van der Waals surface area (Å²) in [4.78, 5) is 4.06. The zero-order valence-electron chi connectivity index (χ0n) is 14.4. The first-order valence-corrected chi connectivity index (χ1v) is 8.40. The van der Waals surface area contributed by atoms with Crippen molar-refractivity contribution in [3.63, 3.8) is 0 Å². The fourth-order valence-corrected chi connectivity index (χ4v) is 2.88. The molecule has 0 bridgehead atoms. The van der Waals surface area contributed by atoms with Gasteiger partial charge in [-0.3, -0.25) is 5.10 Å². The van der Waals surface area contributed by atoms with Crippen LogP contribution in [0.4, 0.5) is 5.82 Å². The molecule has 0 unspecified atom stereocenters. The summed E-state index contributed by atoms with van der Waals surface area (Å²) in [6.45, 7) is 0. The average molecular weight is 356 g/mol. The van der Waals surface area contributed by atoms with Crippen molar-refractivity contribution < 1.29 is 4.52 Å². The van der Waals surface area contributed by atoms with Gasteiger partial charge in [-0.15, -0.1) is 0 Å². The van der Waals surface area contributed by atoms with Crippen LogP contribution in [-0.2, 0) is 12.8 Å². The monoisotopic (exact) mass is 356 g/mol. The van der Waals surface area contributed by atoms with Crippen molar-refractivity contribution in [1.29, 1.82) is 5.26 Å².